The van der Waals surface area contributed by atoms with Gasteiger partial charge in [0.2, 0.25) is 0 Å². The van der Waals surface area contributed by atoms with Crippen LogP contribution in [0.2, 0.25) is 0 Å². The zero-order chi connectivity index (χ0) is 11.6. The Kier molecular flexibility index (Phi) is 11.0. The van der Waals surface area contributed by atoms with Gasteiger partial charge in [0.15, 0.2) is 0 Å². The van der Waals surface area contributed by atoms with Gasteiger partial charge in [-0.15, -0.1) is 0 Å². The highest BCUT2D eigenvalue weighted by Gasteiger charge is 2.11. The topological polar surface area (TPSA) is 27.7 Å². The molecule has 0 aliphatic carbocycles. The van der Waals surface area contributed by atoms with Crippen molar-refractivity contribution in [3.63, 3.8) is 0 Å². The highest BCUT2D eigenvalue weighted by Crippen LogP contribution is 2.63. The van der Waals surface area contributed by atoms with Gasteiger partial charge in [0.05, 0.1) is 26.4 Å². The van der Waals surface area contributed by atoms with Crippen LogP contribution < -0.4 is 0 Å². The summed E-state index contributed by atoms with van der Waals surface area (Å²) in [5.41, 5.74) is 0. The Balaban J connectivity index is 2.99. The van der Waals surface area contributed by atoms with Crippen molar-refractivity contribution in [1.29, 1.82) is 0 Å². The van der Waals surface area contributed by atoms with Crippen LogP contribution in [0.15, 0.2) is 0 Å². The van der Waals surface area contributed by atoms with Crippen molar-refractivity contribution >= 4 is 39.7 Å². The summed E-state index contributed by atoms with van der Waals surface area (Å²) in [5, 5.41) is 0. The van der Waals surface area contributed by atoms with E-state index in [9.17, 15) is 0 Å². The summed E-state index contributed by atoms with van der Waals surface area (Å²) < 4.78 is 15.3. The van der Waals surface area contributed by atoms with Crippen LogP contribution in [0.3, 0.4) is 0 Å². The first kappa shape index (κ1) is 16.1. The van der Waals surface area contributed by atoms with E-state index >= 15 is 0 Å². The molecule has 0 aromatic rings. The zero-order valence-electron chi connectivity index (χ0n) is 8.72. The molecule has 0 aliphatic heterocycles. The molecule has 0 spiro atoms. The molecule has 0 atom stereocenters. The molecule has 0 amide bonds. The Morgan fingerprint density at radius 1 is 0.867 bits per heavy atom. The van der Waals surface area contributed by atoms with E-state index in [-0.39, 0.29) is 0 Å². The molecule has 0 fully saturated rings. The summed E-state index contributed by atoms with van der Waals surface area (Å²) in [6.07, 6.45) is 0.768. The number of hydrogen-bond donors (Lipinski definition) is 0. The molecule has 0 aromatic carbocycles. The summed E-state index contributed by atoms with van der Waals surface area (Å²) >= 11 is 0. The molecule has 0 saturated heterocycles. The summed E-state index contributed by atoms with van der Waals surface area (Å²) in [6.45, 7) is 2.95. The average molecular weight is 300 g/mol. The summed E-state index contributed by atoms with van der Waals surface area (Å²) in [5.74, 6) is 0.586. The zero-order valence-corrected chi connectivity index (χ0v) is 11.8. The Morgan fingerprint density at radius 2 is 1.40 bits per heavy atom. The van der Waals surface area contributed by atoms with E-state index in [0.29, 0.717) is 38.8 Å². The molecule has 15 heavy (non-hydrogen) atoms. The molecule has 7 heteroatoms. The molecule has 0 aliphatic rings. The molecule has 3 nitrogen and oxygen atoms in total. The number of ether oxygens (including phenoxy) is 3. The first-order valence-corrected chi connectivity index (χ1v) is 8.88. The second-order valence-electron chi connectivity index (χ2n) is 2.78. The van der Waals surface area contributed by atoms with Gasteiger partial charge >= 0.3 is 0 Å². The lowest BCUT2D eigenvalue weighted by atomic mass is 10.5. The van der Waals surface area contributed by atoms with Crippen molar-refractivity contribution in [2.24, 2.45) is 0 Å². The van der Waals surface area contributed by atoms with E-state index in [1.807, 2.05) is 0 Å². The molecule has 0 heterocycles. The highest BCUT2D eigenvalue weighted by atomic mass is 36.2. The van der Waals surface area contributed by atoms with E-state index in [1.54, 1.807) is 7.11 Å². The molecule has 0 bridgehead atoms. The van der Waals surface area contributed by atoms with E-state index in [2.05, 4.69) is 0 Å². The van der Waals surface area contributed by atoms with Gasteiger partial charge in [-0.3, -0.25) is 0 Å². The number of halogens is 3. The molecule has 94 valence electrons. The normalized spacial score (nSPS) is 13.1. The third-order valence-electron chi connectivity index (χ3n) is 1.47. The Bertz CT molecular complexity index is 144. The maximum absolute atomic E-state index is 5.65. The fraction of sp³-hybridized carbons (Fsp3) is 1.00. The molecule has 0 aromatic heterocycles. The minimum atomic E-state index is -1.94. The van der Waals surface area contributed by atoms with Crippen molar-refractivity contribution in [3.8, 4) is 0 Å². The molecular formula is C8H17Cl3O3S. The van der Waals surface area contributed by atoms with Crippen molar-refractivity contribution in [3.05, 3.63) is 0 Å². The molecular weight excluding hydrogens is 283 g/mol. The van der Waals surface area contributed by atoms with Gasteiger partial charge in [0.1, 0.15) is 0 Å². The minimum absolute atomic E-state index is 0.568. The predicted molar refractivity (Wildman–Crippen MR) is 68.1 cm³/mol. The molecule has 0 rings (SSSR count). The van der Waals surface area contributed by atoms with Crippen molar-refractivity contribution in [2.45, 2.75) is 6.42 Å². The van der Waals surface area contributed by atoms with Gasteiger partial charge in [-0.05, 0) is 46.1 Å². The third-order valence-corrected chi connectivity index (χ3v) is 3.61. The summed E-state index contributed by atoms with van der Waals surface area (Å²) in [7, 11) is 16.6. The summed E-state index contributed by atoms with van der Waals surface area (Å²) in [4.78, 5) is 0. The largest absolute Gasteiger partial charge is 0.382 e. The Morgan fingerprint density at radius 3 is 1.93 bits per heavy atom. The van der Waals surface area contributed by atoms with Gasteiger partial charge in [-0.1, -0.05) is 0 Å². The predicted octanol–water partition coefficient (Wildman–Crippen LogP) is 3.32. The standard InChI is InChI=1S/C8H17Cl3O3S/c1-12-4-5-14-7-6-13-3-2-8-15(9,10)11/h2-8H2,1H3. The summed E-state index contributed by atoms with van der Waals surface area (Å²) in [6, 6.07) is 0. The average Bonchev–Trinajstić information content (AvgIpc) is 2.14. The number of hydrogen-bond acceptors (Lipinski definition) is 3. The Hall–Kier alpha value is 1.10. The van der Waals surface area contributed by atoms with Crippen molar-refractivity contribution in [1.82, 2.24) is 0 Å². The van der Waals surface area contributed by atoms with Gasteiger partial charge in [0, 0.05) is 19.5 Å². The second kappa shape index (κ2) is 10.3. The van der Waals surface area contributed by atoms with E-state index in [4.69, 9.17) is 46.3 Å². The van der Waals surface area contributed by atoms with Gasteiger partial charge in [-0.2, -0.15) is 0 Å². The highest BCUT2D eigenvalue weighted by molar-refractivity contribution is 8.79. The fourth-order valence-corrected chi connectivity index (χ4v) is 2.22. The van der Waals surface area contributed by atoms with E-state index < -0.39 is 7.67 Å². The minimum Gasteiger partial charge on any atom is -0.382 e. The van der Waals surface area contributed by atoms with Gasteiger partial charge < -0.3 is 14.2 Å². The van der Waals surface area contributed by atoms with Crippen LogP contribution in [-0.4, -0.2) is 45.9 Å². The first-order chi connectivity index (χ1) is 7.06. The van der Waals surface area contributed by atoms with Gasteiger partial charge in [0.25, 0.3) is 0 Å². The number of rotatable bonds is 10. The molecule has 0 unspecified atom stereocenters. The maximum Gasteiger partial charge on any atom is 0.0701 e. The third kappa shape index (κ3) is 15.1. The lowest BCUT2D eigenvalue weighted by Crippen LogP contribution is -2.09. The second-order valence-corrected chi connectivity index (χ2v) is 10.4. The van der Waals surface area contributed by atoms with E-state index in [1.165, 1.54) is 0 Å². The number of methoxy groups -OCH3 is 1. The molecule has 0 radical (unpaired) electrons. The van der Waals surface area contributed by atoms with Crippen molar-refractivity contribution < 1.29 is 14.2 Å². The lowest BCUT2D eigenvalue weighted by molar-refractivity contribution is 0.0252. The monoisotopic (exact) mass is 298 g/mol. The molecule has 0 N–H and O–H groups in total. The Labute approximate surface area is 106 Å². The fourth-order valence-electron chi connectivity index (χ4n) is 0.789. The van der Waals surface area contributed by atoms with Crippen LogP contribution in [0.1, 0.15) is 6.42 Å². The van der Waals surface area contributed by atoms with Crippen LogP contribution in [-0.2, 0) is 14.2 Å². The van der Waals surface area contributed by atoms with Crippen LogP contribution in [0.4, 0.5) is 0 Å². The lowest BCUT2D eigenvalue weighted by Gasteiger charge is -2.14. The first-order valence-electron chi connectivity index (χ1n) is 4.60. The molecule has 0 saturated carbocycles. The van der Waals surface area contributed by atoms with Gasteiger partial charge in [-0.25, -0.2) is 0 Å². The SMILES string of the molecule is COCCOCCOCCCS(Cl)(Cl)Cl. The van der Waals surface area contributed by atoms with Crippen LogP contribution in [0.5, 0.6) is 0 Å². The van der Waals surface area contributed by atoms with E-state index in [0.717, 1.165) is 6.42 Å². The van der Waals surface area contributed by atoms with Crippen LogP contribution >= 0.6 is 39.7 Å². The van der Waals surface area contributed by atoms with Crippen molar-refractivity contribution in [2.75, 3.05) is 45.9 Å². The smallest absolute Gasteiger partial charge is 0.0701 e. The maximum atomic E-state index is 5.65. The quantitative estimate of drug-likeness (QED) is 0.579. The van der Waals surface area contributed by atoms with Crippen LogP contribution in [0, 0.1) is 0 Å². The van der Waals surface area contributed by atoms with Crippen LogP contribution in [0.25, 0.3) is 0 Å².